The van der Waals surface area contributed by atoms with E-state index in [9.17, 15) is 9.59 Å². The van der Waals surface area contributed by atoms with E-state index in [1.54, 1.807) is 11.8 Å². The van der Waals surface area contributed by atoms with Gasteiger partial charge >= 0.3 is 5.97 Å². The number of amides is 1. The molecular formula is C9H17NO4S. The third-order valence-electron chi connectivity index (χ3n) is 1.34. The highest BCUT2D eigenvalue weighted by atomic mass is 32.2. The lowest BCUT2D eigenvalue weighted by Gasteiger charge is -2.06. The summed E-state index contributed by atoms with van der Waals surface area (Å²) < 4.78 is 4.75. The van der Waals surface area contributed by atoms with Crippen LogP contribution in [0.5, 0.6) is 0 Å². The van der Waals surface area contributed by atoms with Crippen LogP contribution in [0.25, 0.3) is 0 Å². The van der Waals surface area contributed by atoms with Crippen LogP contribution in [0.4, 0.5) is 0 Å². The molecule has 1 amide bonds. The van der Waals surface area contributed by atoms with E-state index >= 15 is 0 Å². The van der Waals surface area contributed by atoms with Gasteiger partial charge in [0, 0.05) is 6.54 Å². The van der Waals surface area contributed by atoms with Crippen molar-refractivity contribution >= 4 is 23.6 Å². The maximum Gasteiger partial charge on any atom is 0.329 e. The summed E-state index contributed by atoms with van der Waals surface area (Å²) in [7, 11) is 0. The summed E-state index contributed by atoms with van der Waals surface area (Å²) in [5.74, 6) is -0.624. The molecule has 0 saturated carbocycles. The molecular weight excluding hydrogens is 218 g/mol. The second kappa shape index (κ2) is 8.55. The van der Waals surface area contributed by atoms with Crippen LogP contribution >= 0.6 is 11.8 Å². The third kappa shape index (κ3) is 11.2. The van der Waals surface area contributed by atoms with Gasteiger partial charge in [0.25, 0.3) is 0 Å². The van der Waals surface area contributed by atoms with Crippen molar-refractivity contribution < 1.29 is 19.4 Å². The summed E-state index contributed by atoms with van der Waals surface area (Å²) in [6.07, 6.45) is 0. The normalized spacial score (nSPS) is 10.3. The molecule has 0 atom stereocenters. The molecule has 0 aromatic rings. The lowest BCUT2D eigenvalue weighted by Crippen LogP contribution is -2.29. The molecule has 88 valence electrons. The number of carboxylic acids is 1. The number of ether oxygens (including phenoxy) is 1. The van der Waals surface area contributed by atoms with E-state index < -0.39 is 5.97 Å². The van der Waals surface area contributed by atoms with Gasteiger partial charge in [0.15, 0.2) is 0 Å². The third-order valence-corrected chi connectivity index (χ3v) is 2.44. The predicted octanol–water partition coefficient (Wildman–Crippen LogP) is 0.345. The summed E-state index contributed by atoms with van der Waals surface area (Å²) in [4.78, 5) is 21.2. The van der Waals surface area contributed by atoms with Crippen LogP contribution < -0.4 is 5.32 Å². The summed E-state index contributed by atoms with van der Waals surface area (Å²) in [5.41, 5.74) is 0. The Labute approximate surface area is 93.6 Å². The van der Waals surface area contributed by atoms with E-state index in [4.69, 9.17) is 9.84 Å². The van der Waals surface area contributed by atoms with Crippen LogP contribution in [-0.4, -0.2) is 47.7 Å². The Bertz CT molecular complexity index is 208. The standard InChI is InChI=1S/C9H17NO4S/c1-7(2)15-6-8(11)10-3-4-14-5-9(12)13/h7H,3-6H2,1-2H3,(H,10,11)(H,12,13). The second-order valence-corrected chi connectivity index (χ2v) is 4.72. The molecule has 0 rings (SSSR count). The maximum absolute atomic E-state index is 11.1. The van der Waals surface area contributed by atoms with Crippen LogP contribution in [0.15, 0.2) is 0 Å². The molecule has 15 heavy (non-hydrogen) atoms. The molecule has 0 aromatic carbocycles. The smallest absolute Gasteiger partial charge is 0.329 e. The van der Waals surface area contributed by atoms with Gasteiger partial charge in [0.1, 0.15) is 6.61 Å². The monoisotopic (exact) mass is 235 g/mol. The van der Waals surface area contributed by atoms with E-state index in [0.717, 1.165) is 0 Å². The highest BCUT2D eigenvalue weighted by molar-refractivity contribution is 8.00. The molecule has 0 fully saturated rings. The molecule has 0 unspecified atom stereocenters. The zero-order valence-electron chi connectivity index (χ0n) is 8.99. The van der Waals surface area contributed by atoms with Crippen LogP contribution in [0.3, 0.4) is 0 Å². The van der Waals surface area contributed by atoms with E-state index in [2.05, 4.69) is 5.32 Å². The summed E-state index contributed by atoms with van der Waals surface area (Å²) in [5, 5.41) is 11.3. The Morgan fingerprint density at radius 1 is 1.47 bits per heavy atom. The number of hydrogen-bond donors (Lipinski definition) is 2. The van der Waals surface area contributed by atoms with Crippen molar-refractivity contribution in [2.24, 2.45) is 0 Å². The number of aliphatic carboxylic acids is 1. The summed E-state index contributed by atoms with van der Waals surface area (Å²) in [6, 6.07) is 0. The highest BCUT2D eigenvalue weighted by Crippen LogP contribution is 2.07. The van der Waals surface area contributed by atoms with Crippen molar-refractivity contribution in [1.82, 2.24) is 5.32 Å². The minimum absolute atomic E-state index is 0.0485. The number of carbonyl (C=O) groups excluding carboxylic acids is 1. The first-order chi connectivity index (χ1) is 7.02. The minimum Gasteiger partial charge on any atom is -0.480 e. The van der Waals surface area contributed by atoms with Crippen molar-refractivity contribution in [3.05, 3.63) is 0 Å². The largest absolute Gasteiger partial charge is 0.480 e. The van der Waals surface area contributed by atoms with Crippen LogP contribution in [0, 0.1) is 0 Å². The van der Waals surface area contributed by atoms with Gasteiger partial charge in [0.2, 0.25) is 5.91 Å². The fourth-order valence-corrected chi connectivity index (χ4v) is 1.30. The molecule has 0 aliphatic carbocycles. The number of rotatable bonds is 8. The van der Waals surface area contributed by atoms with E-state index in [0.29, 0.717) is 17.5 Å². The number of carbonyl (C=O) groups is 2. The maximum atomic E-state index is 11.1. The second-order valence-electron chi connectivity index (χ2n) is 3.16. The van der Waals surface area contributed by atoms with Crippen LogP contribution in [0.1, 0.15) is 13.8 Å². The van der Waals surface area contributed by atoms with Crippen molar-refractivity contribution in [3.8, 4) is 0 Å². The van der Waals surface area contributed by atoms with Gasteiger partial charge in [-0.3, -0.25) is 4.79 Å². The molecule has 0 heterocycles. The fourth-order valence-electron chi connectivity index (χ4n) is 0.715. The van der Waals surface area contributed by atoms with Crippen molar-refractivity contribution in [3.63, 3.8) is 0 Å². The molecule has 0 saturated heterocycles. The lowest BCUT2D eigenvalue weighted by atomic mass is 10.6. The highest BCUT2D eigenvalue weighted by Gasteiger charge is 2.02. The average Bonchev–Trinajstić information content (AvgIpc) is 2.13. The molecule has 0 spiro atoms. The Hall–Kier alpha value is -0.750. The van der Waals surface area contributed by atoms with E-state index in [-0.39, 0.29) is 19.1 Å². The SMILES string of the molecule is CC(C)SCC(=O)NCCOCC(=O)O. The van der Waals surface area contributed by atoms with Crippen molar-refractivity contribution in [1.29, 1.82) is 0 Å². The zero-order valence-corrected chi connectivity index (χ0v) is 9.80. The molecule has 0 aromatic heterocycles. The Morgan fingerprint density at radius 3 is 2.67 bits per heavy atom. The Morgan fingerprint density at radius 2 is 2.13 bits per heavy atom. The molecule has 0 bridgehead atoms. The Balaban J connectivity index is 3.28. The zero-order chi connectivity index (χ0) is 11.7. The van der Waals surface area contributed by atoms with Gasteiger partial charge in [-0.2, -0.15) is 0 Å². The van der Waals surface area contributed by atoms with E-state index in [1.165, 1.54) is 0 Å². The molecule has 0 radical (unpaired) electrons. The van der Waals surface area contributed by atoms with Gasteiger partial charge in [-0.1, -0.05) is 13.8 Å². The van der Waals surface area contributed by atoms with Crippen molar-refractivity contribution in [2.45, 2.75) is 19.1 Å². The van der Waals surface area contributed by atoms with Crippen molar-refractivity contribution in [2.75, 3.05) is 25.5 Å². The summed E-state index contributed by atoms with van der Waals surface area (Å²) in [6.45, 7) is 4.30. The Kier molecular flexibility index (Phi) is 8.12. The average molecular weight is 235 g/mol. The van der Waals surface area contributed by atoms with Gasteiger partial charge < -0.3 is 15.2 Å². The minimum atomic E-state index is -1.00. The first kappa shape index (κ1) is 14.2. The molecule has 5 nitrogen and oxygen atoms in total. The van der Waals surface area contributed by atoms with E-state index in [1.807, 2.05) is 13.8 Å². The number of thioether (sulfide) groups is 1. The van der Waals surface area contributed by atoms with Gasteiger partial charge in [-0.15, -0.1) is 11.8 Å². The molecule has 0 aliphatic heterocycles. The number of hydrogen-bond acceptors (Lipinski definition) is 4. The quantitative estimate of drug-likeness (QED) is 0.594. The topological polar surface area (TPSA) is 75.6 Å². The molecule has 2 N–H and O–H groups in total. The predicted molar refractivity (Wildman–Crippen MR) is 59.1 cm³/mol. The first-order valence-corrected chi connectivity index (χ1v) is 5.75. The van der Waals surface area contributed by atoms with Gasteiger partial charge in [0.05, 0.1) is 12.4 Å². The van der Waals surface area contributed by atoms with Gasteiger partial charge in [-0.25, -0.2) is 4.79 Å². The van der Waals surface area contributed by atoms with Crippen LogP contribution in [-0.2, 0) is 14.3 Å². The van der Waals surface area contributed by atoms with Gasteiger partial charge in [-0.05, 0) is 5.25 Å². The molecule has 6 heteroatoms. The number of carboxylic acid groups (broad SMARTS) is 1. The lowest BCUT2D eigenvalue weighted by molar-refractivity contribution is -0.142. The number of nitrogens with one attached hydrogen (secondary N) is 1. The molecule has 0 aliphatic rings. The first-order valence-electron chi connectivity index (χ1n) is 4.70. The summed E-state index contributed by atoms with van der Waals surface area (Å²) >= 11 is 1.56. The van der Waals surface area contributed by atoms with Crippen LogP contribution in [0.2, 0.25) is 0 Å². The fraction of sp³-hybridized carbons (Fsp3) is 0.778.